The minimum Gasteiger partial charge on any atom is -0.462 e. The molecule has 104 valence electrons. The second-order valence-electron chi connectivity index (χ2n) is 4.50. The van der Waals surface area contributed by atoms with Gasteiger partial charge in [-0.15, -0.1) is 22.7 Å². The number of halogens is 1. The highest BCUT2D eigenvalue weighted by Crippen LogP contribution is 2.26. The van der Waals surface area contributed by atoms with Gasteiger partial charge in [0.15, 0.2) is 10.8 Å². The molecule has 0 unspecified atom stereocenters. The van der Waals surface area contributed by atoms with Gasteiger partial charge in [-0.2, -0.15) is 0 Å². The number of nitrogens with zero attached hydrogens (tertiary/aromatic N) is 2. The highest BCUT2D eigenvalue weighted by atomic mass is 79.9. The van der Waals surface area contributed by atoms with Crippen LogP contribution in [0.4, 0.5) is 0 Å². The SMILES string of the molecule is CN(Cc1csc(-c2ccco2)n1)Cc1ccc(Br)s1. The molecule has 0 saturated carbocycles. The van der Waals surface area contributed by atoms with Crippen LogP contribution in [0.2, 0.25) is 0 Å². The number of aromatic nitrogens is 1. The van der Waals surface area contributed by atoms with E-state index in [0.29, 0.717) is 0 Å². The van der Waals surface area contributed by atoms with Gasteiger partial charge in [-0.25, -0.2) is 4.98 Å². The van der Waals surface area contributed by atoms with Crippen LogP contribution in [0.5, 0.6) is 0 Å². The molecule has 0 N–H and O–H groups in total. The summed E-state index contributed by atoms with van der Waals surface area (Å²) in [7, 11) is 2.11. The van der Waals surface area contributed by atoms with Gasteiger partial charge in [0.05, 0.1) is 15.7 Å². The molecule has 20 heavy (non-hydrogen) atoms. The molecule has 0 amide bonds. The molecule has 6 heteroatoms. The molecule has 0 atom stereocenters. The lowest BCUT2D eigenvalue weighted by atomic mass is 10.4. The maximum Gasteiger partial charge on any atom is 0.162 e. The molecule has 3 aromatic heterocycles. The summed E-state index contributed by atoms with van der Waals surface area (Å²) in [4.78, 5) is 8.23. The molecule has 0 bridgehead atoms. The van der Waals surface area contributed by atoms with Crippen LogP contribution < -0.4 is 0 Å². The molecule has 0 aliphatic rings. The van der Waals surface area contributed by atoms with Gasteiger partial charge >= 0.3 is 0 Å². The second-order valence-corrected chi connectivity index (χ2v) is 7.91. The molecular formula is C14H13BrN2OS2. The van der Waals surface area contributed by atoms with Crippen molar-refractivity contribution < 1.29 is 4.42 Å². The summed E-state index contributed by atoms with van der Waals surface area (Å²) in [6.45, 7) is 1.77. The first-order valence-corrected chi connectivity index (χ1v) is 8.60. The quantitative estimate of drug-likeness (QED) is 0.643. The molecule has 3 heterocycles. The van der Waals surface area contributed by atoms with Gasteiger partial charge in [0, 0.05) is 23.3 Å². The Kier molecular flexibility index (Phi) is 4.35. The Labute approximate surface area is 134 Å². The minimum absolute atomic E-state index is 0.839. The zero-order valence-electron chi connectivity index (χ0n) is 10.9. The van der Waals surface area contributed by atoms with Gasteiger partial charge in [0.2, 0.25) is 0 Å². The molecule has 3 rings (SSSR count). The van der Waals surface area contributed by atoms with E-state index in [4.69, 9.17) is 4.42 Å². The standard InChI is InChI=1S/C14H13BrN2OS2/c1-17(8-11-4-5-13(15)20-11)7-10-9-19-14(16-10)12-3-2-6-18-12/h2-6,9H,7-8H2,1H3. The topological polar surface area (TPSA) is 29.3 Å². The largest absolute Gasteiger partial charge is 0.462 e. The molecule has 3 aromatic rings. The van der Waals surface area contributed by atoms with Crippen molar-refractivity contribution in [3.05, 3.63) is 50.3 Å². The van der Waals surface area contributed by atoms with E-state index < -0.39 is 0 Å². The Morgan fingerprint density at radius 3 is 2.90 bits per heavy atom. The average Bonchev–Trinajstić information content (AvgIpc) is 3.10. The van der Waals surface area contributed by atoms with E-state index in [2.05, 4.69) is 50.4 Å². The predicted octanol–water partition coefficient (Wildman–Crippen LogP) is 4.86. The van der Waals surface area contributed by atoms with E-state index in [-0.39, 0.29) is 0 Å². The smallest absolute Gasteiger partial charge is 0.162 e. The fourth-order valence-electron chi connectivity index (χ4n) is 1.93. The first-order chi connectivity index (χ1) is 9.70. The Bertz CT molecular complexity index is 675. The van der Waals surface area contributed by atoms with Crippen LogP contribution in [0.25, 0.3) is 10.8 Å². The monoisotopic (exact) mass is 368 g/mol. The molecule has 0 radical (unpaired) electrons. The van der Waals surface area contributed by atoms with Crippen molar-refractivity contribution in [1.29, 1.82) is 0 Å². The summed E-state index contributed by atoms with van der Waals surface area (Å²) in [6.07, 6.45) is 1.68. The van der Waals surface area contributed by atoms with Crippen LogP contribution in [0.15, 0.2) is 44.1 Å². The Morgan fingerprint density at radius 1 is 1.30 bits per heavy atom. The lowest BCUT2D eigenvalue weighted by Crippen LogP contribution is -2.16. The number of hydrogen-bond donors (Lipinski definition) is 0. The van der Waals surface area contributed by atoms with Gasteiger partial charge < -0.3 is 4.42 Å². The van der Waals surface area contributed by atoms with Crippen molar-refractivity contribution in [2.45, 2.75) is 13.1 Å². The van der Waals surface area contributed by atoms with Crippen LogP contribution in [-0.2, 0) is 13.1 Å². The number of furan rings is 1. The van der Waals surface area contributed by atoms with Gasteiger partial charge in [-0.3, -0.25) is 4.90 Å². The molecule has 3 nitrogen and oxygen atoms in total. The van der Waals surface area contributed by atoms with Crippen molar-refractivity contribution in [1.82, 2.24) is 9.88 Å². The van der Waals surface area contributed by atoms with Crippen molar-refractivity contribution in [2.75, 3.05) is 7.05 Å². The lowest BCUT2D eigenvalue weighted by Gasteiger charge is -2.13. The van der Waals surface area contributed by atoms with E-state index in [0.717, 1.165) is 29.6 Å². The third-order valence-corrected chi connectivity index (χ3v) is 5.28. The minimum atomic E-state index is 0.839. The van der Waals surface area contributed by atoms with Crippen LogP contribution in [-0.4, -0.2) is 16.9 Å². The van der Waals surface area contributed by atoms with Crippen LogP contribution >= 0.6 is 38.6 Å². The maximum absolute atomic E-state index is 5.37. The van der Waals surface area contributed by atoms with E-state index in [1.165, 1.54) is 8.66 Å². The summed E-state index contributed by atoms with van der Waals surface area (Å²) in [5.41, 5.74) is 1.08. The van der Waals surface area contributed by atoms with Gasteiger partial charge in [-0.1, -0.05) is 0 Å². The fraction of sp³-hybridized carbons (Fsp3) is 0.214. The van der Waals surface area contributed by atoms with E-state index in [9.17, 15) is 0 Å². The lowest BCUT2D eigenvalue weighted by molar-refractivity contribution is 0.318. The maximum atomic E-state index is 5.37. The van der Waals surface area contributed by atoms with Crippen LogP contribution in [0.3, 0.4) is 0 Å². The number of thiophene rings is 1. The zero-order valence-corrected chi connectivity index (χ0v) is 14.1. The van der Waals surface area contributed by atoms with E-state index in [1.807, 2.05) is 12.1 Å². The van der Waals surface area contributed by atoms with E-state index in [1.54, 1.807) is 28.9 Å². The summed E-state index contributed by atoms with van der Waals surface area (Å²) in [6, 6.07) is 8.07. The van der Waals surface area contributed by atoms with Crippen molar-refractivity contribution in [2.24, 2.45) is 0 Å². The Balaban J connectivity index is 1.63. The van der Waals surface area contributed by atoms with E-state index >= 15 is 0 Å². The summed E-state index contributed by atoms with van der Waals surface area (Å²) in [5.74, 6) is 0.839. The summed E-state index contributed by atoms with van der Waals surface area (Å²) in [5, 5.41) is 3.04. The number of rotatable bonds is 5. The third-order valence-electron chi connectivity index (χ3n) is 2.77. The first kappa shape index (κ1) is 14.0. The molecule has 0 aliphatic carbocycles. The summed E-state index contributed by atoms with van der Waals surface area (Å²) >= 11 is 6.89. The van der Waals surface area contributed by atoms with Crippen molar-refractivity contribution in [3.8, 4) is 10.8 Å². The highest BCUT2D eigenvalue weighted by Gasteiger charge is 2.09. The Morgan fingerprint density at radius 2 is 2.20 bits per heavy atom. The fourth-order valence-corrected chi connectivity index (χ4v) is 4.27. The molecule has 0 aromatic carbocycles. The molecule has 0 fully saturated rings. The predicted molar refractivity (Wildman–Crippen MR) is 87.0 cm³/mol. The van der Waals surface area contributed by atoms with Crippen molar-refractivity contribution in [3.63, 3.8) is 0 Å². The highest BCUT2D eigenvalue weighted by molar-refractivity contribution is 9.11. The molecule has 0 spiro atoms. The van der Waals surface area contributed by atoms with Gasteiger partial charge in [-0.05, 0) is 47.2 Å². The number of hydrogen-bond acceptors (Lipinski definition) is 5. The molecule has 0 aliphatic heterocycles. The van der Waals surface area contributed by atoms with Crippen LogP contribution in [0, 0.1) is 0 Å². The Hall–Kier alpha value is -0.950. The van der Waals surface area contributed by atoms with Crippen molar-refractivity contribution >= 4 is 38.6 Å². The average molecular weight is 369 g/mol. The first-order valence-electron chi connectivity index (χ1n) is 6.12. The van der Waals surface area contributed by atoms with Gasteiger partial charge in [0.25, 0.3) is 0 Å². The molecule has 0 saturated heterocycles. The zero-order chi connectivity index (χ0) is 13.9. The normalized spacial score (nSPS) is 11.3. The summed E-state index contributed by atoms with van der Waals surface area (Å²) < 4.78 is 6.54. The number of thiazole rings is 1. The van der Waals surface area contributed by atoms with Gasteiger partial charge in [0.1, 0.15) is 0 Å². The van der Waals surface area contributed by atoms with Crippen LogP contribution in [0.1, 0.15) is 10.6 Å². The second kappa shape index (κ2) is 6.22. The molecular weight excluding hydrogens is 356 g/mol. The third kappa shape index (κ3) is 3.38.